The molecule has 0 spiro atoms. The Labute approximate surface area is 231 Å². The molecule has 1 heterocycles. The third-order valence-corrected chi connectivity index (χ3v) is 6.15. The van der Waals surface area contributed by atoms with Crippen molar-refractivity contribution < 1.29 is 28.7 Å². The van der Waals surface area contributed by atoms with Gasteiger partial charge in [0.15, 0.2) is 18.1 Å². The Kier molecular flexibility index (Phi) is 14.5. The molecule has 1 aromatic carbocycles. The topological polar surface area (TPSA) is 143 Å². The zero-order chi connectivity index (χ0) is 27.4. The molecule has 38 heavy (non-hydrogen) atoms. The van der Waals surface area contributed by atoms with E-state index in [2.05, 4.69) is 10.6 Å². The first-order chi connectivity index (χ1) is 17.6. The quantitative estimate of drug-likeness (QED) is 0.491. The van der Waals surface area contributed by atoms with Crippen LogP contribution in [0.4, 0.5) is 0 Å². The summed E-state index contributed by atoms with van der Waals surface area (Å²) in [5.41, 5.74) is 6.67. The highest BCUT2D eigenvalue weighted by Gasteiger charge is 2.21. The van der Waals surface area contributed by atoms with E-state index in [0.29, 0.717) is 63.4 Å². The third-order valence-electron chi connectivity index (χ3n) is 6.15. The maximum absolute atomic E-state index is 12.7. The van der Waals surface area contributed by atoms with Gasteiger partial charge in [-0.15, -0.1) is 12.4 Å². The van der Waals surface area contributed by atoms with E-state index in [-0.39, 0.29) is 43.2 Å². The van der Waals surface area contributed by atoms with Gasteiger partial charge in [0, 0.05) is 39.6 Å². The summed E-state index contributed by atoms with van der Waals surface area (Å²) in [7, 11) is 3.19. The number of amides is 4. The van der Waals surface area contributed by atoms with E-state index in [4.69, 9.17) is 15.2 Å². The highest BCUT2D eigenvalue weighted by atomic mass is 35.5. The van der Waals surface area contributed by atoms with Crippen molar-refractivity contribution in [3.8, 4) is 11.5 Å². The van der Waals surface area contributed by atoms with Gasteiger partial charge in [-0.2, -0.15) is 0 Å². The molecule has 1 aliphatic heterocycles. The molecule has 2 atom stereocenters. The van der Waals surface area contributed by atoms with Crippen molar-refractivity contribution in [2.24, 2.45) is 5.73 Å². The first kappa shape index (κ1) is 33.0. The van der Waals surface area contributed by atoms with Crippen molar-refractivity contribution in [2.45, 2.75) is 58.0 Å². The molecule has 214 valence electrons. The largest absolute Gasteiger partial charge is 0.493 e. The van der Waals surface area contributed by atoms with Crippen LogP contribution in [0.5, 0.6) is 11.5 Å². The average molecular weight is 556 g/mol. The Hall–Kier alpha value is -3.05. The lowest BCUT2D eigenvalue weighted by molar-refractivity contribution is -0.135. The molecule has 4 N–H and O–H groups in total. The molecule has 0 saturated heterocycles. The number of likely N-dealkylation sites (N-methyl/N-ethyl adjacent to an activating group) is 1. The van der Waals surface area contributed by atoms with E-state index in [1.165, 1.54) is 7.11 Å². The number of benzene rings is 1. The maximum Gasteiger partial charge on any atom is 0.258 e. The molecule has 0 unspecified atom stereocenters. The second kappa shape index (κ2) is 16.7. The number of ether oxygens (including phenoxy) is 2. The fourth-order valence-electron chi connectivity index (χ4n) is 4.03. The number of hydrogen-bond donors (Lipinski definition) is 3. The summed E-state index contributed by atoms with van der Waals surface area (Å²) in [5, 5.41) is 5.57. The molecule has 0 radical (unpaired) electrons. The number of hydrogen-bond acceptors (Lipinski definition) is 7. The van der Waals surface area contributed by atoms with Crippen LogP contribution in [0.25, 0.3) is 0 Å². The number of fused-ring (bicyclic) bond motifs is 2. The van der Waals surface area contributed by atoms with E-state index < -0.39 is 18.0 Å². The van der Waals surface area contributed by atoms with E-state index in [0.717, 1.165) is 5.56 Å². The number of methoxy groups -OCH3 is 1. The molecule has 2 rings (SSSR count). The van der Waals surface area contributed by atoms with Gasteiger partial charge >= 0.3 is 0 Å². The van der Waals surface area contributed by atoms with Gasteiger partial charge in [-0.05, 0) is 57.2 Å². The summed E-state index contributed by atoms with van der Waals surface area (Å²) in [6.07, 6.45) is 2.74. The van der Waals surface area contributed by atoms with Crippen LogP contribution < -0.4 is 25.8 Å². The number of carbonyl (C=O) groups is 4. The molecule has 2 bridgehead atoms. The zero-order valence-electron chi connectivity index (χ0n) is 22.8. The molecule has 12 heteroatoms. The van der Waals surface area contributed by atoms with Crippen molar-refractivity contribution in [3.05, 3.63) is 23.8 Å². The van der Waals surface area contributed by atoms with Gasteiger partial charge in [0.25, 0.3) is 5.91 Å². The van der Waals surface area contributed by atoms with Crippen LogP contribution in [0.1, 0.15) is 45.1 Å². The minimum absolute atomic E-state index is 0. The van der Waals surface area contributed by atoms with E-state index in [1.54, 1.807) is 42.8 Å². The van der Waals surface area contributed by atoms with Gasteiger partial charge in [0.2, 0.25) is 17.7 Å². The molecule has 1 aromatic rings. The van der Waals surface area contributed by atoms with Gasteiger partial charge in [0.05, 0.1) is 13.2 Å². The lowest BCUT2D eigenvalue weighted by atomic mass is 10.1. The molecule has 0 aromatic heterocycles. The number of carbonyl (C=O) groups excluding carboxylic acids is 4. The Bertz CT molecular complexity index is 945. The highest BCUT2D eigenvalue weighted by Crippen LogP contribution is 2.28. The zero-order valence-corrected chi connectivity index (χ0v) is 23.6. The summed E-state index contributed by atoms with van der Waals surface area (Å²) in [4.78, 5) is 53.3. The van der Waals surface area contributed by atoms with Crippen LogP contribution in [-0.4, -0.2) is 92.5 Å². The monoisotopic (exact) mass is 555 g/mol. The standard InChI is InChI=1S/C26H41N5O6.ClH/c1-18(27)25(34)31-14-6-5-13-30(3)26(35)19(2)29-24(33)17-37-22-16-20(8-10-21(22)36-4)9-11-23(32)28-12-7-15-31;/h8,10,16,18-19H,5-7,9,11-15,17,27H2,1-4H3,(H,28,32)(H,29,33);1H/t18-,19-;/m0./s1. The summed E-state index contributed by atoms with van der Waals surface area (Å²) in [6.45, 7) is 4.93. The summed E-state index contributed by atoms with van der Waals surface area (Å²) >= 11 is 0. The Morgan fingerprint density at radius 1 is 1.11 bits per heavy atom. The normalized spacial score (nSPS) is 19.9. The van der Waals surface area contributed by atoms with Crippen LogP contribution in [0.15, 0.2) is 18.2 Å². The number of halogens is 1. The average Bonchev–Trinajstić information content (AvgIpc) is 2.88. The maximum atomic E-state index is 12.7. The fourth-order valence-corrected chi connectivity index (χ4v) is 4.03. The predicted molar refractivity (Wildman–Crippen MR) is 146 cm³/mol. The van der Waals surface area contributed by atoms with E-state index in [9.17, 15) is 19.2 Å². The Morgan fingerprint density at radius 2 is 1.79 bits per heavy atom. The summed E-state index contributed by atoms with van der Waals surface area (Å²) in [6, 6.07) is 3.98. The molecule has 4 amide bonds. The lowest BCUT2D eigenvalue weighted by Crippen LogP contribution is -2.47. The molecule has 0 aliphatic carbocycles. The van der Waals surface area contributed by atoms with Crippen molar-refractivity contribution in [1.82, 2.24) is 20.4 Å². The lowest BCUT2D eigenvalue weighted by Gasteiger charge is -2.26. The number of rotatable bonds is 2. The van der Waals surface area contributed by atoms with Crippen molar-refractivity contribution >= 4 is 36.0 Å². The number of nitrogens with two attached hydrogens (primary N) is 1. The van der Waals surface area contributed by atoms with Crippen LogP contribution in [0.2, 0.25) is 0 Å². The second-order valence-corrected chi connectivity index (χ2v) is 9.35. The fraction of sp³-hybridized carbons (Fsp3) is 0.615. The predicted octanol–water partition coefficient (Wildman–Crippen LogP) is 0.867. The first-order valence-electron chi connectivity index (χ1n) is 12.8. The summed E-state index contributed by atoms with van der Waals surface area (Å²) < 4.78 is 11.0. The van der Waals surface area contributed by atoms with Gasteiger partial charge in [-0.1, -0.05) is 6.07 Å². The molecular weight excluding hydrogens is 514 g/mol. The van der Waals surface area contributed by atoms with Gasteiger partial charge in [-0.3, -0.25) is 19.2 Å². The van der Waals surface area contributed by atoms with Crippen LogP contribution in [0, 0.1) is 0 Å². The minimum Gasteiger partial charge on any atom is -0.493 e. The third kappa shape index (κ3) is 10.7. The number of nitrogens with one attached hydrogen (secondary N) is 2. The SMILES string of the molecule is COc1ccc2cc1OCC(=O)N[C@@H](C)C(=O)N(C)CCCCN(C(=O)[C@H](C)N)CCCNC(=O)CC2.Cl. The van der Waals surface area contributed by atoms with Crippen LogP contribution in [-0.2, 0) is 25.6 Å². The van der Waals surface area contributed by atoms with Crippen molar-refractivity contribution in [3.63, 3.8) is 0 Å². The number of aryl methyl sites for hydroxylation is 1. The van der Waals surface area contributed by atoms with Crippen molar-refractivity contribution in [1.29, 1.82) is 0 Å². The van der Waals surface area contributed by atoms with Gasteiger partial charge in [0.1, 0.15) is 6.04 Å². The van der Waals surface area contributed by atoms with Crippen molar-refractivity contribution in [2.75, 3.05) is 46.9 Å². The molecular formula is C26H42ClN5O6. The molecule has 11 nitrogen and oxygen atoms in total. The minimum atomic E-state index is -0.720. The highest BCUT2D eigenvalue weighted by molar-refractivity contribution is 5.87. The van der Waals surface area contributed by atoms with Crippen LogP contribution in [0.3, 0.4) is 0 Å². The van der Waals surface area contributed by atoms with Gasteiger partial charge in [-0.25, -0.2) is 0 Å². The Morgan fingerprint density at radius 3 is 2.47 bits per heavy atom. The summed E-state index contributed by atoms with van der Waals surface area (Å²) in [5.74, 6) is -0.0360. The first-order valence-corrected chi connectivity index (χ1v) is 12.8. The second-order valence-electron chi connectivity index (χ2n) is 9.35. The number of nitrogens with zero attached hydrogens (tertiary/aromatic N) is 2. The smallest absolute Gasteiger partial charge is 0.258 e. The molecule has 0 fully saturated rings. The Balaban J connectivity index is 0.00000722. The van der Waals surface area contributed by atoms with Crippen LogP contribution >= 0.6 is 12.4 Å². The van der Waals surface area contributed by atoms with E-state index in [1.807, 2.05) is 6.07 Å². The molecule has 1 aliphatic rings. The van der Waals surface area contributed by atoms with Gasteiger partial charge < -0.3 is 35.6 Å². The molecule has 0 saturated carbocycles. The van der Waals surface area contributed by atoms with E-state index >= 15 is 0 Å².